The quantitative estimate of drug-likeness (QED) is 0.855. The van der Waals surface area contributed by atoms with Crippen molar-refractivity contribution in [3.05, 3.63) is 34.2 Å². The Bertz CT molecular complexity index is 550. The molecule has 2 heterocycles. The van der Waals surface area contributed by atoms with E-state index in [0.717, 1.165) is 0 Å². The summed E-state index contributed by atoms with van der Waals surface area (Å²) in [6, 6.07) is 5.50. The van der Waals surface area contributed by atoms with Gasteiger partial charge in [0.2, 0.25) is 0 Å². The minimum Gasteiger partial charge on any atom is -0.305 e. The van der Waals surface area contributed by atoms with E-state index in [1.165, 1.54) is 22.2 Å². The summed E-state index contributed by atoms with van der Waals surface area (Å²) in [5.74, 6) is 0.191. The molecule has 0 aromatic carbocycles. The van der Waals surface area contributed by atoms with E-state index in [1.54, 1.807) is 19.2 Å². The summed E-state index contributed by atoms with van der Waals surface area (Å²) in [5.41, 5.74) is 0.354. The van der Waals surface area contributed by atoms with Gasteiger partial charge in [0.05, 0.1) is 11.1 Å². The van der Waals surface area contributed by atoms with Gasteiger partial charge in [-0.25, -0.2) is 0 Å². The Morgan fingerprint density at radius 2 is 2.50 bits per heavy atom. The van der Waals surface area contributed by atoms with E-state index in [9.17, 15) is 4.79 Å². The van der Waals surface area contributed by atoms with Crippen molar-refractivity contribution in [2.75, 3.05) is 5.32 Å². The number of nitrogens with one attached hydrogen (secondary N) is 1. The fourth-order valence-corrected chi connectivity index (χ4v) is 1.86. The molecule has 2 rings (SSSR count). The largest absolute Gasteiger partial charge is 0.305 e. The Labute approximate surface area is 95.9 Å². The highest BCUT2D eigenvalue weighted by molar-refractivity contribution is 7.12. The third-order valence-corrected chi connectivity index (χ3v) is 2.90. The number of thiophene rings is 1. The maximum Gasteiger partial charge on any atom is 0.266 e. The standard InChI is InChI=1S/C10H8N4OS/c1-14-9(7(5-11)6-12-14)13-10(15)8-3-2-4-16-8/h2-4,6H,1H3,(H,13,15). The fraction of sp³-hybridized carbons (Fsp3) is 0.100. The number of carbonyl (C=O) groups excluding carboxylic acids is 1. The van der Waals surface area contributed by atoms with E-state index in [2.05, 4.69) is 10.4 Å². The molecule has 0 spiro atoms. The van der Waals surface area contributed by atoms with Crippen molar-refractivity contribution in [2.45, 2.75) is 0 Å². The molecule has 0 aliphatic heterocycles. The number of amides is 1. The van der Waals surface area contributed by atoms with Crippen molar-refractivity contribution in [1.82, 2.24) is 9.78 Å². The monoisotopic (exact) mass is 232 g/mol. The lowest BCUT2D eigenvalue weighted by atomic mass is 10.3. The molecule has 16 heavy (non-hydrogen) atoms. The van der Waals surface area contributed by atoms with E-state index in [1.807, 2.05) is 11.4 Å². The summed E-state index contributed by atoms with van der Waals surface area (Å²) in [6.07, 6.45) is 1.42. The van der Waals surface area contributed by atoms with Gasteiger partial charge in [-0.3, -0.25) is 9.48 Å². The molecule has 0 unspecified atom stereocenters. The Morgan fingerprint density at radius 1 is 1.69 bits per heavy atom. The van der Waals surface area contributed by atoms with Crippen molar-refractivity contribution < 1.29 is 4.79 Å². The lowest BCUT2D eigenvalue weighted by Gasteiger charge is -2.03. The number of aromatic nitrogens is 2. The zero-order chi connectivity index (χ0) is 11.5. The first kappa shape index (κ1) is 10.4. The Kier molecular flexibility index (Phi) is 2.70. The lowest BCUT2D eigenvalue weighted by Crippen LogP contribution is -2.14. The summed E-state index contributed by atoms with van der Waals surface area (Å²) < 4.78 is 1.46. The number of hydrogen-bond donors (Lipinski definition) is 1. The molecule has 0 bridgehead atoms. The molecule has 0 fully saturated rings. The summed E-state index contributed by atoms with van der Waals surface area (Å²) in [5, 5.41) is 17.2. The van der Waals surface area contributed by atoms with Crippen LogP contribution >= 0.6 is 11.3 Å². The predicted octanol–water partition coefficient (Wildman–Crippen LogP) is 1.61. The van der Waals surface area contributed by atoms with Gasteiger partial charge in [-0.2, -0.15) is 10.4 Å². The molecular weight excluding hydrogens is 224 g/mol. The van der Waals surface area contributed by atoms with Gasteiger partial charge in [-0.15, -0.1) is 11.3 Å². The van der Waals surface area contributed by atoms with Crippen LogP contribution in [0.25, 0.3) is 0 Å². The van der Waals surface area contributed by atoms with Crippen molar-refractivity contribution in [3.8, 4) is 6.07 Å². The highest BCUT2D eigenvalue weighted by Crippen LogP contribution is 2.16. The van der Waals surface area contributed by atoms with Crippen LogP contribution in [0.2, 0.25) is 0 Å². The van der Waals surface area contributed by atoms with Gasteiger partial charge >= 0.3 is 0 Å². The minimum absolute atomic E-state index is 0.227. The molecule has 0 saturated carbocycles. The topological polar surface area (TPSA) is 70.7 Å². The maximum atomic E-state index is 11.7. The minimum atomic E-state index is -0.227. The molecule has 0 aliphatic rings. The van der Waals surface area contributed by atoms with Gasteiger partial charge in [0.15, 0.2) is 0 Å². The number of nitrogens with zero attached hydrogens (tertiary/aromatic N) is 3. The van der Waals surface area contributed by atoms with E-state index in [4.69, 9.17) is 5.26 Å². The average Bonchev–Trinajstić information content (AvgIpc) is 2.89. The van der Waals surface area contributed by atoms with Gasteiger partial charge in [0.1, 0.15) is 17.5 Å². The highest BCUT2D eigenvalue weighted by atomic mass is 32.1. The second kappa shape index (κ2) is 4.16. The number of rotatable bonds is 2. The van der Waals surface area contributed by atoms with Crippen LogP contribution in [0, 0.1) is 11.3 Å². The summed E-state index contributed by atoms with van der Waals surface area (Å²) in [6.45, 7) is 0. The molecule has 0 aliphatic carbocycles. The molecule has 0 saturated heterocycles. The molecule has 0 atom stereocenters. The van der Waals surface area contributed by atoms with Crippen LogP contribution in [0.4, 0.5) is 5.82 Å². The number of nitriles is 1. The number of aryl methyl sites for hydroxylation is 1. The molecule has 1 N–H and O–H groups in total. The van der Waals surface area contributed by atoms with Crippen LogP contribution in [-0.2, 0) is 7.05 Å². The molecule has 0 radical (unpaired) electrons. The van der Waals surface area contributed by atoms with Gasteiger partial charge < -0.3 is 5.32 Å². The third-order valence-electron chi connectivity index (χ3n) is 2.04. The summed E-state index contributed by atoms with van der Waals surface area (Å²) in [4.78, 5) is 12.3. The zero-order valence-electron chi connectivity index (χ0n) is 8.47. The first-order chi connectivity index (χ1) is 7.72. The van der Waals surface area contributed by atoms with E-state index >= 15 is 0 Å². The first-order valence-corrected chi connectivity index (χ1v) is 5.37. The predicted molar refractivity (Wildman–Crippen MR) is 60.2 cm³/mol. The van der Waals surface area contributed by atoms with Gasteiger partial charge in [-0.1, -0.05) is 6.07 Å². The fourth-order valence-electron chi connectivity index (χ4n) is 1.24. The first-order valence-electron chi connectivity index (χ1n) is 4.49. The highest BCUT2D eigenvalue weighted by Gasteiger charge is 2.13. The maximum absolute atomic E-state index is 11.7. The van der Waals surface area contributed by atoms with Crippen LogP contribution < -0.4 is 5.32 Å². The molecule has 2 aromatic heterocycles. The second-order valence-corrected chi connectivity index (χ2v) is 4.02. The van der Waals surface area contributed by atoms with Gasteiger partial charge in [0, 0.05) is 7.05 Å². The van der Waals surface area contributed by atoms with E-state index in [-0.39, 0.29) is 5.91 Å². The average molecular weight is 232 g/mol. The zero-order valence-corrected chi connectivity index (χ0v) is 9.28. The van der Waals surface area contributed by atoms with E-state index < -0.39 is 0 Å². The smallest absolute Gasteiger partial charge is 0.266 e. The normalized spacial score (nSPS) is 9.75. The van der Waals surface area contributed by atoms with Crippen molar-refractivity contribution in [2.24, 2.45) is 7.05 Å². The second-order valence-electron chi connectivity index (χ2n) is 3.07. The SMILES string of the molecule is Cn1ncc(C#N)c1NC(=O)c1cccs1. The molecular formula is C10H8N4OS. The van der Waals surface area contributed by atoms with Crippen molar-refractivity contribution >= 4 is 23.1 Å². The van der Waals surface area contributed by atoms with Crippen LogP contribution in [0.3, 0.4) is 0 Å². The molecule has 6 heteroatoms. The van der Waals surface area contributed by atoms with Crippen LogP contribution in [-0.4, -0.2) is 15.7 Å². The molecule has 5 nitrogen and oxygen atoms in total. The van der Waals surface area contributed by atoms with Crippen LogP contribution in [0.1, 0.15) is 15.2 Å². The number of hydrogen-bond acceptors (Lipinski definition) is 4. The van der Waals surface area contributed by atoms with Crippen LogP contribution in [0.5, 0.6) is 0 Å². The molecule has 2 aromatic rings. The molecule has 80 valence electrons. The Hall–Kier alpha value is -2.13. The van der Waals surface area contributed by atoms with Crippen molar-refractivity contribution in [3.63, 3.8) is 0 Å². The third kappa shape index (κ3) is 1.81. The van der Waals surface area contributed by atoms with Gasteiger partial charge in [-0.05, 0) is 11.4 Å². The summed E-state index contributed by atoms with van der Waals surface area (Å²) in [7, 11) is 1.67. The lowest BCUT2D eigenvalue weighted by molar-refractivity contribution is 0.102. The molecule has 1 amide bonds. The van der Waals surface area contributed by atoms with Crippen LogP contribution in [0.15, 0.2) is 23.7 Å². The van der Waals surface area contributed by atoms with Crippen molar-refractivity contribution in [1.29, 1.82) is 5.26 Å². The Morgan fingerprint density at radius 3 is 3.12 bits per heavy atom. The Balaban J connectivity index is 2.25. The number of anilines is 1. The summed E-state index contributed by atoms with van der Waals surface area (Å²) >= 11 is 1.35. The van der Waals surface area contributed by atoms with E-state index in [0.29, 0.717) is 16.3 Å². The number of carbonyl (C=O) groups is 1. The van der Waals surface area contributed by atoms with Gasteiger partial charge in [0.25, 0.3) is 5.91 Å².